The van der Waals surface area contributed by atoms with Gasteiger partial charge in [-0.2, -0.15) is 0 Å². The smallest absolute Gasteiger partial charge is 0.289 e. The first-order valence-corrected chi connectivity index (χ1v) is 23.0. The zero-order chi connectivity index (χ0) is 47.2. The van der Waals surface area contributed by atoms with Crippen LogP contribution in [-0.2, 0) is 16.0 Å². The van der Waals surface area contributed by atoms with E-state index >= 15 is 0 Å². The summed E-state index contributed by atoms with van der Waals surface area (Å²) in [6.45, 7) is 4.71. The third kappa shape index (κ3) is 10.5. The lowest BCUT2D eigenvalue weighted by molar-refractivity contribution is -0.131. The van der Waals surface area contributed by atoms with E-state index < -0.39 is 0 Å². The van der Waals surface area contributed by atoms with Crippen molar-refractivity contribution in [2.24, 2.45) is 0 Å². The van der Waals surface area contributed by atoms with Crippen molar-refractivity contribution in [3.63, 3.8) is 0 Å². The molecule has 0 spiro atoms. The van der Waals surface area contributed by atoms with Crippen molar-refractivity contribution in [3.8, 4) is 16.9 Å². The molecule has 344 valence electrons. The normalized spacial score (nSPS) is 13.8. The molecule has 3 aromatic heterocycles. The maximum Gasteiger partial charge on any atom is 0.289 e. The van der Waals surface area contributed by atoms with Crippen LogP contribution in [0.5, 0.6) is 5.75 Å². The van der Waals surface area contributed by atoms with Crippen molar-refractivity contribution in [2.45, 2.75) is 51.9 Å². The van der Waals surface area contributed by atoms with Crippen LogP contribution in [0.2, 0.25) is 0 Å². The third-order valence-electron chi connectivity index (χ3n) is 12.4. The summed E-state index contributed by atoms with van der Waals surface area (Å²) >= 11 is 0. The van der Waals surface area contributed by atoms with Crippen LogP contribution in [0.3, 0.4) is 0 Å². The van der Waals surface area contributed by atoms with E-state index in [2.05, 4.69) is 36.2 Å². The molecular weight excluding hydrogens is 843 g/mol. The largest absolute Gasteiger partial charge is 0.508 e. The molecule has 0 radical (unpaired) electrons. The number of carbonyl (C=O) groups excluding carboxylic acids is 4. The molecule has 0 unspecified atom stereocenters. The van der Waals surface area contributed by atoms with Crippen LogP contribution in [0.15, 0.2) is 124 Å². The predicted octanol–water partition coefficient (Wildman–Crippen LogP) is 10.2. The lowest BCUT2D eigenvalue weighted by Crippen LogP contribution is -2.35. The third-order valence-corrected chi connectivity index (χ3v) is 12.4. The Kier molecular flexibility index (Phi) is 14.0. The number of nitrogens with zero attached hydrogens (tertiary/aromatic N) is 5. The van der Waals surface area contributed by atoms with E-state index in [1.54, 1.807) is 52.5 Å². The Bertz CT molecular complexity index is 3020. The van der Waals surface area contributed by atoms with Gasteiger partial charge in [0.15, 0.2) is 11.5 Å². The van der Waals surface area contributed by atoms with E-state index in [1.165, 1.54) is 9.80 Å². The molecule has 2 aliphatic heterocycles. The number of fused-ring (bicyclic) bond motifs is 3. The first-order valence-electron chi connectivity index (χ1n) is 23.0. The van der Waals surface area contributed by atoms with Gasteiger partial charge in [-0.05, 0) is 114 Å². The SMILES string of the molecule is CCCCC(=O)N1CCC=C(c2cc(-c3ccc(O)cc3)c3oc(C(=O)N(C)C)cc3c2)C1.CN(C)C(=O)c1cc2cc(C3=CCCN(C(=O)CCc4nccc5ccccc45)C3)ccc2o1. The molecule has 9 rings (SSSR count). The van der Waals surface area contributed by atoms with Crippen molar-refractivity contribution in [1.82, 2.24) is 24.6 Å². The number of pyridine rings is 1. The molecule has 0 aliphatic carbocycles. The molecule has 7 aromatic rings. The first-order chi connectivity index (χ1) is 32.4. The van der Waals surface area contributed by atoms with Crippen LogP contribution < -0.4 is 0 Å². The van der Waals surface area contributed by atoms with E-state index in [0.717, 1.165) is 99.4 Å². The lowest BCUT2D eigenvalue weighted by Gasteiger charge is -2.28. The van der Waals surface area contributed by atoms with E-state index in [9.17, 15) is 24.3 Å². The van der Waals surface area contributed by atoms with Crippen LogP contribution in [0, 0.1) is 0 Å². The van der Waals surface area contributed by atoms with Gasteiger partial charge < -0.3 is 33.5 Å². The van der Waals surface area contributed by atoms with Gasteiger partial charge in [0.05, 0.1) is 0 Å². The number of aromatic nitrogens is 1. The van der Waals surface area contributed by atoms with Crippen LogP contribution in [0.1, 0.15) is 83.4 Å². The molecule has 5 heterocycles. The molecule has 0 saturated heterocycles. The quantitative estimate of drug-likeness (QED) is 0.135. The summed E-state index contributed by atoms with van der Waals surface area (Å²) in [6, 6.07) is 30.6. The predicted molar refractivity (Wildman–Crippen MR) is 264 cm³/mol. The van der Waals surface area contributed by atoms with Gasteiger partial charge in [-0.3, -0.25) is 24.2 Å². The molecule has 4 amide bonds. The van der Waals surface area contributed by atoms with Crippen molar-refractivity contribution in [3.05, 3.63) is 144 Å². The number of phenolic OH excluding ortho intramolecular Hbond substituents is 1. The van der Waals surface area contributed by atoms with Crippen molar-refractivity contribution in [1.29, 1.82) is 0 Å². The molecule has 0 saturated carbocycles. The Morgan fingerprint density at radius 1 is 0.657 bits per heavy atom. The Morgan fingerprint density at radius 2 is 1.27 bits per heavy atom. The Labute approximate surface area is 390 Å². The van der Waals surface area contributed by atoms with Gasteiger partial charge in [0, 0.05) is 101 Å². The van der Waals surface area contributed by atoms with Gasteiger partial charge >= 0.3 is 0 Å². The number of rotatable bonds is 11. The van der Waals surface area contributed by atoms with E-state index in [0.29, 0.717) is 49.3 Å². The van der Waals surface area contributed by atoms with E-state index in [-0.39, 0.29) is 35.1 Å². The highest BCUT2D eigenvalue weighted by Crippen LogP contribution is 2.37. The number of benzene rings is 4. The molecule has 67 heavy (non-hydrogen) atoms. The topological polar surface area (TPSA) is 141 Å². The number of hydrogen-bond acceptors (Lipinski definition) is 8. The summed E-state index contributed by atoms with van der Waals surface area (Å²) in [5, 5.41) is 13.7. The summed E-state index contributed by atoms with van der Waals surface area (Å²) < 4.78 is 11.7. The molecule has 4 aromatic carbocycles. The first kappa shape index (κ1) is 46.1. The molecule has 0 fully saturated rings. The zero-order valence-electron chi connectivity index (χ0n) is 38.9. The highest BCUT2D eigenvalue weighted by Gasteiger charge is 2.24. The van der Waals surface area contributed by atoms with Gasteiger partial charge in [-0.1, -0.05) is 68.0 Å². The molecule has 12 heteroatoms. The Morgan fingerprint density at radius 3 is 1.96 bits per heavy atom. The van der Waals surface area contributed by atoms with E-state index in [4.69, 9.17) is 8.83 Å². The Hall–Kier alpha value is -7.47. The molecule has 1 N–H and O–H groups in total. The minimum absolute atomic E-state index is 0.142. The molecule has 0 bridgehead atoms. The summed E-state index contributed by atoms with van der Waals surface area (Å²) in [6.07, 6.45) is 11.4. The fourth-order valence-electron chi connectivity index (χ4n) is 8.67. The van der Waals surface area contributed by atoms with Crippen LogP contribution in [-0.4, -0.2) is 108 Å². The summed E-state index contributed by atoms with van der Waals surface area (Å²) in [5.41, 5.74) is 8.26. The van der Waals surface area contributed by atoms with Crippen LogP contribution in [0.4, 0.5) is 0 Å². The minimum atomic E-state index is -0.200. The van der Waals surface area contributed by atoms with Gasteiger partial charge in [-0.15, -0.1) is 0 Å². The second-order valence-corrected chi connectivity index (χ2v) is 17.6. The fraction of sp³-hybridized carbons (Fsp3) is 0.291. The van der Waals surface area contributed by atoms with Crippen molar-refractivity contribution >= 4 is 67.5 Å². The van der Waals surface area contributed by atoms with E-state index in [1.807, 2.05) is 76.7 Å². The van der Waals surface area contributed by atoms with Gasteiger partial charge in [0.2, 0.25) is 11.8 Å². The summed E-state index contributed by atoms with van der Waals surface area (Å²) in [5.74, 6) is 0.772. The van der Waals surface area contributed by atoms with Crippen molar-refractivity contribution in [2.75, 3.05) is 54.4 Å². The summed E-state index contributed by atoms with van der Waals surface area (Å²) in [4.78, 5) is 61.8. The number of amides is 4. The number of phenols is 1. The molecule has 12 nitrogen and oxygen atoms in total. The van der Waals surface area contributed by atoms with Gasteiger partial charge in [0.1, 0.15) is 16.9 Å². The number of furan rings is 2. The van der Waals surface area contributed by atoms with Gasteiger partial charge in [0.25, 0.3) is 11.8 Å². The number of unbranched alkanes of at least 4 members (excludes halogenated alkanes) is 1. The fourth-order valence-corrected chi connectivity index (χ4v) is 8.67. The standard InChI is InChI=1S/C28H27N3O3.C27H30N2O4/c1-30(2)28(33)26-17-22-16-20(9-11-25(22)34-26)21-7-5-15-31(18-21)27(32)12-10-24-23-8-4-3-6-19(23)13-14-29-24;1-4-5-8-25(31)29-13-6-7-19(17-29)20-14-21-16-24(27(32)28(2)3)33-26(21)23(15-20)18-9-11-22(30)12-10-18/h3-4,6-9,11,13-14,16-17H,5,10,12,15,18H2,1-2H3;7,9-12,14-16,30H,4-6,8,13,17H2,1-3H3. The maximum atomic E-state index is 13.1. The second-order valence-electron chi connectivity index (χ2n) is 17.6. The van der Waals surface area contributed by atoms with Crippen LogP contribution in [0.25, 0.3) is 55.0 Å². The number of aromatic hydroxyl groups is 1. The second kappa shape index (κ2) is 20.4. The monoisotopic (exact) mass is 899 g/mol. The van der Waals surface area contributed by atoms with Crippen LogP contribution >= 0.6 is 0 Å². The summed E-state index contributed by atoms with van der Waals surface area (Å²) in [7, 11) is 6.79. The number of aryl methyl sites for hydroxylation is 1. The molecule has 2 aliphatic rings. The number of carbonyl (C=O) groups is 4. The average Bonchev–Trinajstić information content (AvgIpc) is 3.99. The highest BCUT2D eigenvalue weighted by atomic mass is 16.4. The Balaban J connectivity index is 0.000000182. The number of hydrogen-bond donors (Lipinski definition) is 1. The molecular formula is C55H57N5O7. The minimum Gasteiger partial charge on any atom is -0.508 e. The van der Waals surface area contributed by atoms with Gasteiger partial charge in [-0.25, -0.2) is 0 Å². The highest BCUT2D eigenvalue weighted by molar-refractivity contribution is 6.02. The molecule has 0 atom stereocenters. The maximum absolute atomic E-state index is 13.1. The van der Waals surface area contributed by atoms with Crippen molar-refractivity contribution < 1.29 is 33.1 Å². The average molecular weight is 900 g/mol. The zero-order valence-corrected chi connectivity index (χ0v) is 38.9. The lowest BCUT2D eigenvalue weighted by atomic mass is 9.94.